The Kier molecular flexibility index (Phi) is 7.74. The number of aromatic hydroxyl groups is 1. The molecule has 1 atom stereocenters. The topological polar surface area (TPSA) is 134 Å². The van der Waals surface area contributed by atoms with Gasteiger partial charge in [-0.15, -0.1) is 0 Å². The van der Waals surface area contributed by atoms with Gasteiger partial charge in [-0.2, -0.15) is 0 Å². The van der Waals surface area contributed by atoms with E-state index in [0.717, 1.165) is 4.57 Å². The largest absolute Gasteiger partial charge is 0.493 e. The molecule has 0 radical (unpaired) electrons. The Labute approximate surface area is 218 Å². The van der Waals surface area contributed by atoms with Crippen molar-refractivity contribution in [2.75, 3.05) is 18.5 Å². The van der Waals surface area contributed by atoms with Gasteiger partial charge in [0.2, 0.25) is 11.8 Å². The number of imidazole rings is 2. The van der Waals surface area contributed by atoms with Crippen LogP contribution in [0.4, 0.5) is 10.1 Å². The summed E-state index contributed by atoms with van der Waals surface area (Å²) in [4.78, 5) is 33.0. The summed E-state index contributed by atoms with van der Waals surface area (Å²) < 4.78 is 23.1. The first-order valence-electron chi connectivity index (χ1n) is 10.9. The average molecular weight is 607 g/mol. The van der Waals surface area contributed by atoms with Crippen LogP contribution in [-0.2, 0) is 18.3 Å². The number of H-pyrrole nitrogens is 1. The van der Waals surface area contributed by atoms with E-state index in [0.29, 0.717) is 20.6 Å². The molecule has 188 valence electrons. The van der Waals surface area contributed by atoms with E-state index in [2.05, 4.69) is 15.3 Å². The number of aromatic amines is 1. The van der Waals surface area contributed by atoms with Gasteiger partial charge in [-0.25, -0.2) is 18.7 Å². The number of aromatic nitrogens is 4. The fraction of sp³-hybridized carbons (Fsp3) is 0.208. The van der Waals surface area contributed by atoms with E-state index in [9.17, 15) is 19.1 Å². The van der Waals surface area contributed by atoms with Crippen LogP contribution < -0.4 is 15.7 Å². The standard InChI is InChI=1S/C24H23FIN5O5/c1-30-13-27-12-16(30)11-20(22(33)28-19-7-4-15(26)10-18(19)25)31-23(34)21(29-24(31)35)14-2-5-17(6-3-14)36-9-8-32/h2-7,10,12-13,20,32,34H,8-9,11H2,1H3,(H,28,33)(H,29,35)/t20-/m0/s1. The summed E-state index contributed by atoms with van der Waals surface area (Å²) in [5, 5.41) is 22.5. The van der Waals surface area contributed by atoms with E-state index in [4.69, 9.17) is 9.84 Å². The number of benzene rings is 2. The Morgan fingerprint density at radius 1 is 1.28 bits per heavy atom. The van der Waals surface area contributed by atoms with Crippen LogP contribution in [0.5, 0.6) is 11.6 Å². The molecule has 0 aliphatic heterocycles. The number of rotatable bonds is 9. The monoisotopic (exact) mass is 607 g/mol. The first-order chi connectivity index (χ1) is 17.3. The van der Waals surface area contributed by atoms with E-state index >= 15 is 0 Å². The number of aliphatic hydroxyl groups excluding tert-OH is 1. The van der Waals surface area contributed by atoms with Crippen LogP contribution in [0.15, 0.2) is 59.8 Å². The molecule has 0 aliphatic carbocycles. The molecule has 0 unspecified atom stereocenters. The summed E-state index contributed by atoms with van der Waals surface area (Å²) in [7, 11) is 1.74. The number of aryl methyl sites for hydroxylation is 1. The van der Waals surface area contributed by atoms with Crippen LogP contribution in [0.1, 0.15) is 11.7 Å². The highest BCUT2D eigenvalue weighted by Gasteiger charge is 2.29. The van der Waals surface area contributed by atoms with Gasteiger partial charge >= 0.3 is 5.69 Å². The van der Waals surface area contributed by atoms with Crippen molar-refractivity contribution in [1.82, 2.24) is 19.1 Å². The van der Waals surface area contributed by atoms with E-state index in [1.165, 1.54) is 12.1 Å². The second-order valence-corrected chi connectivity index (χ2v) is 9.17. The zero-order valence-corrected chi connectivity index (χ0v) is 21.3. The maximum Gasteiger partial charge on any atom is 0.329 e. The van der Waals surface area contributed by atoms with E-state index in [1.54, 1.807) is 54.5 Å². The van der Waals surface area contributed by atoms with Gasteiger partial charge in [0.25, 0.3) is 0 Å². The molecule has 4 N–H and O–H groups in total. The first-order valence-corrected chi connectivity index (χ1v) is 11.9. The number of carbonyl (C=O) groups excluding carboxylic acids is 1. The summed E-state index contributed by atoms with van der Waals surface area (Å²) in [5.41, 5.74) is 0.448. The lowest BCUT2D eigenvalue weighted by atomic mass is 10.1. The molecule has 0 fully saturated rings. The van der Waals surface area contributed by atoms with Crippen molar-refractivity contribution in [3.05, 3.63) is 80.6 Å². The molecule has 2 heterocycles. The van der Waals surface area contributed by atoms with Gasteiger partial charge in [-0.3, -0.25) is 4.79 Å². The van der Waals surface area contributed by atoms with Crippen molar-refractivity contribution >= 4 is 34.2 Å². The molecular formula is C24H23FIN5O5. The predicted octanol–water partition coefficient (Wildman–Crippen LogP) is 2.82. The number of amides is 1. The molecule has 2 aromatic carbocycles. The Bertz CT molecular complexity index is 1430. The fourth-order valence-corrected chi connectivity index (χ4v) is 4.15. The quantitative estimate of drug-likeness (QED) is 0.216. The van der Waals surface area contributed by atoms with E-state index in [1.807, 2.05) is 22.6 Å². The van der Waals surface area contributed by atoms with Gasteiger partial charge in [0, 0.05) is 34.5 Å². The maximum absolute atomic E-state index is 14.4. The third kappa shape index (κ3) is 5.44. The van der Waals surface area contributed by atoms with Crippen molar-refractivity contribution in [3.8, 4) is 22.9 Å². The molecule has 1 amide bonds. The third-order valence-corrected chi connectivity index (χ3v) is 6.20. The number of anilines is 1. The molecule has 36 heavy (non-hydrogen) atoms. The molecule has 0 saturated heterocycles. The molecule has 0 spiro atoms. The second-order valence-electron chi connectivity index (χ2n) is 7.92. The SMILES string of the molecule is Cn1cncc1C[C@@H](C(=O)Nc1ccc(I)cc1F)n1c(O)c(-c2ccc(OCCO)cc2)[nH]c1=O. The molecule has 10 nitrogen and oxygen atoms in total. The molecule has 0 aliphatic rings. The second kappa shape index (κ2) is 11.0. The van der Waals surface area contributed by atoms with Gasteiger partial charge in [-0.1, -0.05) is 0 Å². The van der Waals surface area contributed by atoms with Crippen LogP contribution in [0.25, 0.3) is 11.3 Å². The Hall–Kier alpha value is -3.65. The summed E-state index contributed by atoms with van der Waals surface area (Å²) >= 11 is 1.96. The Balaban J connectivity index is 1.71. The van der Waals surface area contributed by atoms with Gasteiger partial charge in [0.1, 0.15) is 29.9 Å². The molecule has 4 aromatic rings. The van der Waals surface area contributed by atoms with Crippen LogP contribution in [0.3, 0.4) is 0 Å². The lowest BCUT2D eigenvalue weighted by Gasteiger charge is -2.19. The lowest BCUT2D eigenvalue weighted by molar-refractivity contribution is -0.119. The van der Waals surface area contributed by atoms with E-state index < -0.39 is 29.3 Å². The number of hydrogen-bond donors (Lipinski definition) is 4. The first kappa shape index (κ1) is 25.4. The molecule has 12 heteroatoms. The van der Waals surface area contributed by atoms with Crippen LogP contribution in [-0.4, -0.2) is 48.4 Å². The Morgan fingerprint density at radius 2 is 2.03 bits per heavy atom. The minimum atomic E-state index is -1.22. The highest BCUT2D eigenvalue weighted by atomic mass is 127. The number of aliphatic hydroxyl groups is 1. The Morgan fingerprint density at radius 3 is 2.67 bits per heavy atom. The van der Waals surface area contributed by atoms with Crippen LogP contribution in [0, 0.1) is 9.39 Å². The minimum absolute atomic E-state index is 0.00696. The molecule has 4 rings (SSSR count). The molecule has 2 aromatic heterocycles. The van der Waals surface area contributed by atoms with Crippen molar-refractivity contribution in [1.29, 1.82) is 0 Å². The van der Waals surface area contributed by atoms with Crippen molar-refractivity contribution in [2.24, 2.45) is 7.05 Å². The summed E-state index contributed by atoms with van der Waals surface area (Å²) in [6.45, 7) is -0.00525. The summed E-state index contributed by atoms with van der Waals surface area (Å²) in [6, 6.07) is 9.63. The maximum atomic E-state index is 14.4. The highest BCUT2D eigenvalue weighted by molar-refractivity contribution is 14.1. The molecular weight excluding hydrogens is 584 g/mol. The zero-order chi connectivity index (χ0) is 25.8. The highest BCUT2D eigenvalue weighted by Crippen LogP contribution is 2.31. The number of ether oxygens (including phenoxy) is 1. The molecule has 0 saturated carbocycles. The van der Waals surface area contributed by atoms with Crippen molar-refractivity contribution in [3.63, 3.8) is 0 Å². The van der Waals surface area contributed by atoms with Crippen LogP contribution >= 0.6 is 22.6 Å². The smallest absolute Gasteiger partial charge is 0.329 e. The minimum Gasteiger partial charge on any atom is -0.493 e. The number of carbonyl (C=O) groups is 1. The van der Waals surface area contributed by atoms with Gasteiger partial charge in [0.15, 0.2) is 0 Å². The van der Waals surface area contributed by atoms with E-state index in [-0.39, 0.29) is 31.0 Å². The van der Waals surface area contributed by atoms with Crippen molar-refractivity contribution < 1.29 is 24.1 Å². The average Bonchev–Trinajstić information content (AvgIpc) is 3.39. The number of nitrogens with zero attached hydrogens (tertiary/aromatic N) is 3. The van der Waals surface area contributed by atoms with Gasteiger partial charge in [-0.05, 0) is 65.1 Å². The predicted molar refractivity (Wildman–Crippen MR) is 138 cm³/mol. The fourth-order valence-electron chi connectivity index (χ4n) is 3.70. The zero-order valence-electron chi connectivity index (χ0n) is 19.1. The van der Waals surface area contributed by atoms with Crippen LogP contribution in [0.2, 0.25) is 0 Å². The molecule has 0 bridgehead atoms. The van der Waals surface area contributed by atoms with Crippen molar-refractivity contribution in [2.45, 2.75) is 12.5 Å². The number of nitrogens with one attached hydrogen (secondary N) is 2. The summed E-state index contributed by atoms with van der Waals surface area (Å²) in [6.07, 6.45) is 3.11. The van der Waals surface area contributed by atoms with Gasteiger partial charge < -0.3 is 29.8 Å². The van der Waals surface area contributed by atoms with Gasteiger partial charge in [0.05, 0.1) is 18.6 Å². The summed E-state index contributed by atoms with van der Waals surface area (Å²) in [5.74, 6) is -1.26. The number of hydrogen-bond acceptors (Lipinski definition) is 6. The number of halogens is 2. The lowest BCUT2D eigenvalue weighted by Crippen LogP contribution is -2.34. The normalized spacial score (nSPS) is 11.9. The third-order valence-electron chi connectivity index (χ3n) is 5.53.